The van der Waals surface area contributed by atoms with Crippen LogP contribution in [-0.2, 0) is 16.0 Å². The van der Waals surface area contributed by atoms with E-state index in [4.69, 9.17) is 5.11 Å². The van der Waals surface area contributed by atoms with Crippen LogP contribution in [0, 0.1) is 11.8 Å². The topological polar surface area (TPSA) is 57.6 Å². The van der Waals surface area contributed by atoms with Crippen molar-refractivity contribution in [3.05, 3.63) is 22.4 Å². The smallest absolute Gasteiger partial charge is 0.306 e. The van der Waals surface area contributed by atoms with Gasteiger partial charge in [0.05, 0.1) is 5.92 Å². The lowest BCUT2D eigenvalue weighted by Crippen LogP contribution is -2.42. The molecule has 0 spiro atoms. The van der Waals surface area contributed by atoms with Crippen LogP contribution in [0.2, 0.25) is 0 Å². The van der Waals surface area contributed by atoms with E-state index in [0.717, 1.165) is 6.42 Å². The van der Waals surface area contributed by atoms with E-state index in [1.165, 1.54) is 4.88 Å². The van der Waals surface area contributed by atoms with Gasteiger partial charge >= 0.3 is 5.97 Å². The van der Waals surface area contributed by atoms with Crippen molar-refractivity contribution in [2.24, 2.45) is 11.8 Å². The zero-order valence-electron chi connectivity index (χ0n) is 11.0. The molecule has 1 saturated heterocycles. The second kappa shape index (κ2) is 6.19. The number of hydrogen-bond donors (Lipinski definition) is 1. The van der Waals surface area contributed by atoms with Crippen molar-refractivity contribution in [3.8, 4) is 0 Å². The number of carbonyl (C=O) groups excluding carboxylic acids is 1. The fourth-order valence-corrected chi connectivity index (χ4v) is 3.31. The lowest BCUT2D eigenvalue weighted by atomic mass is 9.95. The lowest BCUT2D eigenvalue weighted by molar-refractivity contribution is -0.146. The van der Waals surface area contributed by atoms with Gasteiger partial charge in [-0.25, -0.2) is 0 Å². The Bertz CT molecular complexity index is 436. The van der Waals surface area contributed by atoms with Gasteiger partial charge in [-0.2, -0.15) is 0 Å². The summed E-state index contributed by atoms with van der Waals surface area (Å²) in [5.41, 5.74) is 0. The predicted molar refractivity (Wildman–Crippen MR) is 74.1 cm³/mol. The van der Waals surface area contributed by atoms with Gasteiger partial charge in [-0.1, -0.05) is 13.0 Å². The summed E-state index contributed by atoms with van der Waals surface area (Å²) in [6, 6.07) is 4.04. The standard InChI is InChI=1S/C14H19NO3S/c1-10(9-12-3-2-8-19-12)13(16)15-6-4-11(5-7-15)14(17)18/h2-3,8,10-11H,4-7,9H2,1H3,(H,17,18)/t10-/m0/s1. The van der Waals surface area contributed by atoms with E-state index in [2.05, 4.69) is 0 Å². The highest BCUT2D eigenvalue weighted by molar-refractivity contribution is 7.09. The van der Waals surface area contributed by atoms with Crippen LogP contribution in [0.5, 0.6) is 0 Å². The number of thiophene rings is 1. The molecule has 0 saturated carbocycles. The maximum absolute atomic E-state index is 12.3. The Kier molecular flexibility index (Phi) is 4.58. The van der Waals surface area contributed by atoms with Gasteiger partial charge < -0.3 is 10.0 Å². The molecule has 1 aliphatic heterocycles. The number of piperidine rings is 1. The highest BCUT2D eigenvalue weighted by atomic mass is 32.1. The Hall–Kier alpha value is -1.36. The Morgan fingerprint density at radius 3 is 2.68 bits per heavy atom. The summed E-state index contributed by atoms with van der Waals surface area (Å²) in [5.74, 6) is -0.896. The van der Waals surface area contributed by atoms with Crippen LogP contribution in [0.1, 0.15) is 24.6 Å². The average Bonchev–Trinajstić information content (AvgIpc) is 2.90. The maximum Gasteiger partial charge on any atom is 0.306 e. The van der Waals surface area contributed by atoms with Crippen molar-refractivity contribution in [1.82, 2.24) is 4.90 Å². The molecule has 0 aliphatic carbocycles. The summed E-state index contributed by atoms with van der Waals surface area (Å²) < 4.78 is 0. The van der Waals surface area contributed by atoms with Crippen molar-refractivity contribution in [2.75, 3.05) is 13.1 Å². The van der Waals surface area contributed by atoms with E-state index in [1.807, 2.05) is 29.3 Å². The minimum absolute atomic E-state index is 0.0278. The summed E-state index contributed by atoms with van der Waals surface area (Å²) in [4.78, 5) is 26.2. The van der Waals surface area contributed by atoms with E-state index in [9.17, 15) is 9.59 Å². The third kappa shape index (κ3) is 3.56. The van der Waals surface area contributed by atoms with E-state index >= 15 is 0 Å². The summed E-state index contributed by atoms with van der Waals surface area (Å²) in [6.45, 7) is 3.10. The quantitative estimate of drug-likeness (QED) is 0.921. The van der Waals surface area contributed by atoms with Crippen LogP contribution in [0.15, 0.2) is 17.5 Å². The number of amides is 1. The van der Waals surface area contributed by atoms with Crippen molar-refractivity contribution in [3.63, 3.8) is 0 Å². The summed E-state index contributed by atoms with van der Waals surface area (Å²) in [5, 5.41) is 11.0. The number of carboxylic acid groups (broad SMARTS) is 1. The molecule has 0 unspecified atom stereocenters. The molecule has 19 heavy (non-hydrogen) atoms. The highest BCUT2D eigenvalue weighted by Gasteiger charge is 2.29. The van der Waals surface area contributed by atoms with Crippen molar-refractivity contribution in [1.29, 1.82) is 0 Å². The number of aliphatic carboxylic acids is 1. The molecule has 0 bridgehead atoms. The second-order valence-corrected chi connectivity index (χ2v) is 6.15. The molecule has 1 N–H and O–H groups in total. The zero-order valence-corrected chi connectivity index (χ0v) is 11.9. The van der Waals surface area contributed by atoms with Gasteiger partial charge in [0.1, 0.15) is 0 Å². The van der Waals surface area contributed by atoms with Crippen molar-refractivity contribution >= 4 is 23.2 Å². The molecule has 1 aromatic rings. The summed E-state index contributed by atoms with van der Waals surface area (Å²) in [7, 11) is 0. The molecule has 1 aromatic heterocycles. The number of likely N-dealkylation sites (tertiary alicyclic amines) is 1. The first-order chi connectivity index (χ1) is 9.08. The zero-order chi connectivity index (χ0) is 13.8. The summed E-state index contributed by atoms with van der Waals surface area (Å²) >= 11 is 1.67. The Morgan fingerprint density at radius 2 is 2.16 bits per heavy atom. The van der Waals surface area contributed by atoms with Gasteiger partial charge in [0.25, 0.3) is 0 Å². The molecule has 1 atom stereocenters. The molecule has 1 fully saturated rings. The normalized spacial score (nSPS) is 18.3. The lowest BCUT2D eigenvalue weighted by Gasteiger charge is -2.32. The minimum atomic E-state index is -0.737. The Balaban J connectivity index is 1.85. The van der Waals surface area contributed by atoms with Gasteiger partial charge in [-0.05, 0) is 30.7 Å². The molecule has 1 amide bonds. The second-order valence-electron chi connectivity index (χ2n) is 5.12. The first-order valence-electron chi connectivity index (χ1n) is 6.62. The monoisotopic (exact) mass is 281 g/mol. The van der Waals surface area contributed by atoms with Gasteiger partial charge in [0.2, 0.25) is 5.91 Å². The van der Waals surface area contributed by atoms with Gasteiger partial charge in [0, 0.05) is 23.9 Å². The van der Waals surface area contributed by atoms with Gasteiger partial charge in [-0.15, -0.1) is 11.3 Å². The number of carboxylic acids is 1. The van der Waals surface area contributed by atoms with E-state index in [1.54, 1.807) is 11.3 Å². The van der Waals surface area contributed by atoms with Crippen molar-refractivity contribution in [2.45, 2.75) is 26.2 Å². The fraction of sp³-hybridized carbons (Fsp3) is 0.571. The van der Waals surface area contributed by atoms with Crippen LogP contribution >= 0.6 is 11.3 Å². The van der Waals surface area contributed by atoms with Crippen LogP contribution in [-0.4, -0.2) is 35.0 Å². The summed E-state index contributed by atoms with van der Waals surface area (Å²) in [6.07, 6.45) is 1.93. The molecule has 104 valence electrons. The largest absolute Gasteiger partial charge is 0.481 e. The SMILES string of the molecule is C[C@@H](Cc1cccs1)C(=O)N1CCC(C(=O)O)CC1. The van der Waals surface area contributed by atoms with Crippen LogP contribution < -0.4 is 0 Å². The van der Waals surface area contributed by atoms with E-state index in [0.29, 0.717) is 25.9 Å². The first kappa shape index (κ1) is 14.1. The molecular formula is C14H19NO3S. The molecule has 5 heteroatoms. The third-order valence-corrected chi connectivity index (χ3v) is 4.56. The number of rotatable bonds is 4. The molecule has 2 heterocycles. The molecule has 0 aromatic carbocycles. The predicted octanol–water partition coefficient (Wildman–Crippen LogP) is 2.25. The molecule has 4 nitrogen and oxygen atoms in total. The Labute approximate surface area is 117 Å². The highest BCUT2D eigenvalue weighted by Crippen LogP contribution is 2.21. The Morgan fingerprint density at radius 1 is 1.47 bits per heavy atom. The van der Waals surface area contributed by atoms with Crippen LogP contribution in [0.3, 0.4) is 0 Å². The number of hydrogen-bond acceptors (Lipinski definition) is 3. The molecule has 1 aliphatic rings. The fourth-order valence-electron chi connectivity index (χ4n) is 2.48. The average molecular weight is 281 g/mol. The number of nitrogens with zero attached hydrogens (tertiary/aromatic N) is 1. The van der Waals surface area contributed by atoms with Gasteiger partial charge in [0.15, 0.2) is 0 Å². The third-order valence-electron chi connectivity index (χ3n) is 3.66. The van der Waals surface area contributed by atoms with Crippen molar-refractivity contribution < 1.29 is 14.7 Å². The minimum Gasteiger partial charge on any atom is -0.481 e. The molecular weight excluding hydrogens is 262 g/mol. The number of carbonyl (C=O) groups is 2. The van der Waals surface area contributed by atoms with Crippen LogP contribution in [0.4, 0.5) is 0 Å². The van der Waals surface area contributed by atoms with E-state index < -0.39 is 5.97 Å². The van der Waals surface area contributed by atoms with Crippen LogP contribution in [0.25, 0.3) is 0 Å². The first-order valence-corrected chi connectivity index (χ1v) is 7.50. The molecule has 0 radical (unpaired) electrons. The van der Waals surface area contributed by atoms with Gasteiger partial charge in [-0.3, -0.25) is 9.59 Å². The van der Waals surface area contributed by atoms with E-state index in [-0.39, 0.29) is 17.7 Å². The maximum atomic E-state index is 12.3. The molecule has 2 rings (SSSR count).